The molecule has 0 radical (unpaired) electrons. The molecule has 1 unspecified atom stereocenters. The largest absolute Gasteiger partial charge is 0.478 e. The Balaban J connectivity index is 1.88. The molecule has 0 saturated carbocycles. The number of aromatic nitrogens is 1. The number of imide groups is 1. The first kappa shape index (κ1) is 15.7. The standard InChI is InChI=1S/C17H15N3O4/c1-17(13-6-3-7-18-9-13)15(23)20(16(24)19-17)10-11-4-2-5-12(8-11)14(21)22/h2-9H,10H2,1H3,(H,19,24)(H,21,22). The maximum atomic E-state index is 12.8. The van der Waals surface area contributed by atoms with E-state index in [9.17, 15) is 14.4 Å². The van der Waals surface area contributed by atoms with Crippen LogP contribution in [0.5, 0.6) is 0 Å². The van der Waals surface area contributed by atoms with Crippen molar-refractivity contribution in [2.45, 2.75) is 19.0 Å². The van der Waals surface area contributed by atoms with E-state index in [0.29, 0.717) is 11.1 Å². The number of nitrogens with one attached hydrogen (secondary N) is 1. The molecule has 2 N–H and O–H groups in total. The van der Waals surface area contributed by atoms with Crippen LogP contribution in [0.2, 0.25) is 0 Å². The molecule has 3 rings (SSSR count). The number of aromatic carboxylic acids is 1. The Bertz CT molecular complexity index is 822. The van der Waals surface area contributed by atoms with Gasteiger partial charge in [0.2, 0.25) is 0 Å². The molecule has 1 aliphatic heterocycles. The number of urea groups is 1. The van der Waals surface area contributed by atoms with E-state index in [0.717, 1.165) is 4.90 Å². The van der Waals surface area contributed by atoms with Gasteiger partial charge in [0.1, 0.15) is 5.54 Å². The van der Waals surface area contributed by atoms with Gasteiger partial charge < -0.3 is 10.4 Å². The van der Waals surface area contributed by atoms with Gasteiger partial charge in [0, 0.05) is 18.0 Å². The van der Waals surface area contributed by atoms with Crippen LogP contribution in [0.4, 0.5) is 4.79 Å². The van der Waals surface area contributed by atoms with Crippen molar-refractivity contribution in [3.8, 4) is 0 Å². The number of benzene rings is 1. The van der Waals surface area contributed by atoms with E-state index in [1.807, 2.05) is 0 Å². The fourth-order valence-corrected chi connectivity index (χ4v) is 2.68. The SMILES string of the molecule is CC1(c2cccnc2)NC(=O)N(Cc2cccc(C(=O)O)c2)C1=O. The molecule has 7 heteroatoms. The highest BCUT2D eigenvalue weighted by atomic mass is 16.4. The van der Waals surface area contributed by atoms with Crippen LogP contribution in [0.3, 0.4) is 0 Å². The van der Waals surface area contributed by atoms with Crippen molar-refractivity contribution >= 4 is 17.9 Å². The van der Waals surface area contributed by atoms with Gasteiger partial charge in [-0.15, -0.1) is 0 Å². The Hall–Kier alpha value is -3.22. The summed E-state index contributed by atoms with van der Waals surface area (Å²) < 4.78 is 0. The van der Waals surface area contributed by atoms with Gasteiger partial charge in [-0.1, -0.05) is 18.2 Å². The number of carbonyl (C=O) groups is 3. The number of amides is 3. The monoisotopic (exact) mass is 325 g/mol. The fourth-order valence-electron chi connectivity index (χ4n) is 2.68. The topological polar surface area (TPSA) is 99.6 Å². The Labute approximate surface area is 137 Å². The van der Waals surface area contributed by atoms with Crippen LogP contribution in [0.1, 0.15) is 28.4 Å². The van der Waals surface area contributed by atoms with E-state index >= 15 is 0 Å². The summed E-state index contributed by atoms with van der Waals surface area (Å²) in [5, 5.41) is 11.7. The van der Waals surface area contributed by atoms with Crippen molar-refractivity contribution in [3.63, 3.8) is 0 Å². The zero-order valence-electron chi connectivity index (χ0n) is 12.9. The number of carbonyl (C=O) groups excluding carboxylic acids is 2. The number of hydrogen-bond donors (Lipinski definition) is 2. The summed E-state index contributed by atoms with van der Waals surface area (Å²) in [5.41, 5.74) is 0.0731. The fraction of sp³-hybridized carbons (Fsp3) is 0.176. The van der Waals surface area contributed by atoms with Crippen LogP contribution in [0, 0.1) is 0 Å². The second-order valence-corrected chi connectivity index (χ2v) is 5.69. The predicted molar refractivity (Wildman–Crippen MR) is 84.1 cm³/mol. The van der Waals surface area contributed by atoms with Crippen LogP contribution < -0.4 is 5.32 Å². The van der Waals surface area contributed by atoms with Gasteiger partial charge in [0.15, 0.2) is 0 Å². The lowest BCUT2D eigenvalue weighted by atomic mass is 9.93. The van der Waals surface area contributed by atoms with Gasteiger partial charge in [-0.05, 0) is 30.7 Å². The molecule has 1 fully saturated rings. The van der Waals surface area contributed by atoms with E-state index in [1.54, 1.807) is 37.4 Å². The molecule has 0 aliphatic carbocycles. The highest BCUT2D eigenvalue weighted by Crippen LogP contribution is 2.29. The Morgan fingerprint density at radius 2 is 2.08 bits per heavy atom. The normalized spacial score (nSPS) is 20.1. The zero-order chi connectivity index (χ0) is 17.3. The van der Waals surface area contributed by atoms with E-state index < -0.39 is 23.4 Å². The highest BCUT2D eigenvalue weighted by Gasteiger charge is 2.49. The number of nitrogens with zero attached hydrogens (tertiary/aromatic N) is 2. The zero-order valence-corrected chi connectivity index (χ0v) is 12.9. The van der Waals surface area contributed by atoms with Gasteiger partial charge in [-0.25, -0.2) is 9.59 Å². The summed E-state index contributed by atoms with van der Waals surface area (Å²) in [6, 6.07) is 9.05. The number of carboxylic acids is 1. The second kappa shape index (κ2) is 5.77. The second-order valence-electron chi connectivity index (χ2n) is 5.69. The average Bonchev–Trinajstić information content (AvgIpc) is 2.80. The van der Waals surface area contributed by atoms with Crippen molar-refractivity contribution in [2.75, 3.05) is 0 Å². The summed E-state index contributed by atoms with van der Waals surface area (Å²) in [6.45, 7) is 1.62. The first-order valence-electron chi connectivity index (χ1n) is 7.28. The highest BCUT2D eigenvalue weighted by molar-refractivity contribution is 6.07. The van der Waals surface area contributed by atoms with Crippen molar-refractivity contribution in [1.29, 1.82) is 0 Å². The lowest BCUT2D eigenvalue weighted by Crippen LogP contribution is -2.40. The van der Waals surface area contributed by atoms with Gasteiger partial charge in [-0.2, -0.15) is 0 Å². The van der Waals surface area contributed by atoms with Crippen molar-refractivity contribution < 1.29 is 19.5 Å². The van der Waals surface area contributed by atoms with Crippen LogP contribution in [0.15, 0.2) is 48.8 Å². The maximum Gasteiger partial charge on any atom is 0.335 e. The Morgan fingerprint density at radius 1 is 1.29 bits per heavy atom. The smallest absolute Gasteiger partial charge is 0.335 e. The Kier molecular flexibility index (Phi) is 3.76. The first-order valence-corrected chi connectivity index (χ1v) is 7.28. The maximum absolute atomic E-state index is 12.8. The molecule has 7 nitrogen and oxygen atoms in total. The van der Waals surface area contributed by atoms with E-state index in [4.69, 9.17) is 5.11 Å². The van der Waals surface area contributed by atoms with Gasteiger partial charge in [0.05, 0.1) is 12.1 Å². The molecule has 2 aromatic rings. The van der Waals surface area contributed by atoms with E-state index in [1.165, 1.54) is 18.3 Å². The molecule has 1 aromatic carbocycles. The summed E-state index contributed by atoms with van der Waals surface area (Å²) in [5.74, 6) is -1.46. The summed E-state index contributed by atoms with van der Waals surface area (Å²) in [6.07, 6.45) is 3.12. The first-order chi connectivity index (χ1) is 11.4. The summed E-state index contributed by atoms with van der Waals surface area (Å²) in [7, 11) is 0. The van der Waals surface area contributed by atoms with Crippen LogP contribution >= 0.6 is 0 Å². The lowest BCUT2D eigenvalue weighted by Gasteiger charge is -2.21. The minimum Gasteiger partial charge on any atom is -0.478 e. The predicted octanol–water partition coefficient (Wildman–Crippen LogP) is 1.75. The molecule has 3 amide bonds. The van der Waals surface area contributed by atoms with Gasteiger partial charge >= 0.3 is 12.0 Å². The molecule has 1 atom stereocenters. The van der Waals surface area contributed by atoms with Crippen LogP contribution in [-0.2, 0) is 16.9 Å². The molecule has 1 saturated heterocycles. The molecular formula is C17H15N3O4. The van der Waals surface area contributed by atoms with Crippen molar-refractivity contribution in [1.82, 2.24) is 15.2 Å². The van der Waals surface area contributed by atoms with Crippen molar-refractivity contribution in [3.05, 3.63) is 65.5 Å². The lowest BCUT2D eigenvalue weighted by molar-refractivity contribution is -0.131. The Morgan fingerprint density at radius 3 is 2.75 bits per heavy atom. The molecule has 1 aromatic heterocycles. The number of hydrogen-bond acceptors (Lipinski definition) is 4. The minimum absolute atomic E-state index is 0.00163. The summed E-state index contributed by atoms with van der Waals surface area (Å²) >= 11 is 0. The number of pyridine rings is 1. The minimum atomic E-state index is -1.18. The van der Waals surface area contributed by atoms with Crippen molar-refractivity contribution in [2.24, 2.45) is 0 Å². The summed E-state index contributed by atoms with van der Waals surface area (Å²) in [4.78, 5) is 41.1. The number of carboxylic acid groups (broad SMARTS) is 1. The number of rotatable bonds is 4. The quantitative estimate of drug-likeness (QED) is 0.834. The molecule has 0 bridgehead atoms. The van der Waals surface area contributed by atoms with Crippen LogP contribution in [0.25, 0.3) is 0 Å². The van der Waals surface area contributed by atoms with E-state index in [-0.39, 0.29) is 12.1 Å². The van der Waals surface area contributed by atoms with E-state index in [2.05, 4.69) is 10.3 Å². The average molecular weight is 325 g/mol. The van der Waals surface area contributed by atoms with Gasteiger partial charge in [0.25, 0.3) is 5.91 Å². The molecule has 0 spiro atoms. The molecule has 1 aliphatic rings. The molecule has 24 heavy (non-hydrogen) atoms. The van der Waals surface area contributed by atoms with Gasteiger partial charge in [-0.3, -0.25) is 14.7 Å². The third kappa shape index (κ3) is 2.60. The third-order valence-corrected chi connectivity index (χ3v) is 4.03. The molecular weight excluding hydrogens is 310 g/mol. The van der Waals surface area contributed by atoms with Crippen LogP contribution in [-0.4, -0.2) is 32.9 Å². The molecule has 122 valence electrons. The third-order valence-electron chi connectivity index (χ3n) is 4.03. The molecule has 2 heterocycles.